The standard InChI is InChI=1S/C14H21N/c1-4-5-10-14(2)13-9-7-6-8-12(13)11-15(14)3/h6-9H,4-5,10-11H2,1-3H3. The first-order valence-electron chi connectivity index (χ1n) is 5.98. The Hall–Kier alpha value is -0.820. The zero-order valence-electron chi connectivity index (χ0n) is 10.1. The van der Waals surface area contributed by atoms with Crippen LogP contribution >= 0.6 is 0 Å². The fourth-order valence-electron chi connectivity index (χ4n) is 2.67. The number of unbranched alkanes of at least 4 members (excludes halogenated alkanes) is 1. The van der Waals surface area contributed by atoms with E-state index in [0.717, 1.165) is 6.54 Å². The predicted octanol–water partition coefficient (Wildman–Crippen LogP) is 3.54. The van der Waals surface area contributed by atoms with E-state index in [-0.39, 0.29) is 5.54 Å². The van der Waals surface area contributed by atoms with Crippen molar-refractivity contribution < 1.29 is 0 Å². The Kier molecular flexibility index (Phi) is 2.83. The van der Waals surface area contributed by atoms with Crippen LogP contribution in [0.5, 0.6) is 0 Å². The largest absolute Gasteiger partial charge is 0.293 e. The first-order chi connectivity index (χ1) is 7.18. The molecular weight excluding hydrogens is 182 g/mol. The highest BCUT2D eigenvalue weighted by Gasteiger charge is 2.37. The van der Waals surface area contributed by atoms with E-state index in [4.69, 9.17) is 0 Å². The maximum absolute atomic E-state index is 2.49. The van der Waals surface area contributed by atoms with E-state index in [1.54, 1.807) is 5.56 Å². The topological polar surface area (TPSA) is 3.24 Å². The summed E-state index contributed by atoms with van der Waals surface area (Å²) < 4.78 is 0. The molecule has 82 valence electrons. The molecule has 2 rings (SSSR count). The Morgan fingerprint density at radius 1 is 1.33 bits per heavy atom. The van der Waals surface area contributed by atoms with Crippen molar-refractivity contribution in [2.24, 2.45) is 0 Å². The maximum atomic E-state index is 2.49. The molecule has 0 N–H and O–H groups in total. The second kappa shape index (κ2) is 3.97. The third-order valence-electron chi connectivity index (χ3n) is 3.86. The molecule has 1 aromatic carbocycles. The molecule has 0 radical (unpaired) electrons. The van der Waals surface area contributed by atoms with Crippen molar-refractivity contribution in [2.45, 2.75) is 45.2 Å². The Morgan fingerprint density at radius 2 is 2.07 bits per heavy atom. The first-order valence-corrected chi connectivity index (χ1v) is 5.98. The minimum absolute atomic E-state index is 0.270. The van der Waals surface area contributed by atoms with Gasteiger partial charge in [-0.05, 0) is 31.5 Å². The van der Waals surface area contributed by atoms with Crippen LogP contribution in [-0.2, 0) is 12.1 Å². The summed E-state index contributed by atoms with van der Waals surface area (Å²) in [6.45, 7) is 5.76. The summed E-state index contributed by atoms with van der Waals surface area (Å²) in [5.74, 6) is 0. The fourth-order valence-corrected chi connectivity index (χ4v) is 2.67. The Morgan fingerprint density at radius 3 is 2.80 bits per heavy atom. The van der Waals surface area contributed by atoms with Gasteiger partial charge in [-0.25, -0.2) is 0 Å². The van der Waals surface area contributed by atoms with Gasteiger partial charge in [-0.1, -0.05) is 44.0 Å². The van der Waals surface area contributed by atoms with Gasteiger partial charge < -0.3 is 0 Å². The number of hydrogen-bond acceptors (Lipinski definition) is 1. The molecule has 15 heavy (non-hydrogen) atoms. The minimum Gasteiger partial charge on any atom is -0.293 e. The third-order valence-corrected chi connectivity index (χ3v) is 3.86. The average molecular weight is 203 g/mol. The molecule has 1 unspecified atom stereocenters. The number of hydrogen-bond donors (Lipinski definition) is 0. The molecule has 0 saturated heterocycles. The van der Waals surface area contributed by atoms with Crippen molar-refractivity contribution in [3.05, 3.63) is 35.4 Å². The highest BCUT2D eigenvalue weighted by Crippen LogP contribution is 2.41. The average Bonchev–Trinajstić information content (AvgIpc) is 2.50. The molecule has 0 spiro atoms. The van der Waals surface area contributed by atoms with Gasteiger partial charge in [0, 0.05) is 12.1 Å². The summed E-state index contributed by atoms with van der Waals surface area (Å²) in [7, 11) is 2.25. The Labute approximate surface area is 93.1 Å². The highest BCUT2D eigenvalue weighted by molar-refractivity contribution is 5.37. The molecule has 1 aromatic rings. The van der Waals surface area contributed by atoms with Gasteiger partial charge in [0.1, 0.15) is 0 Å². The molecule has 0 fully saturated rings. The van der Waals surface area contributed by atoms with Crippen molar-refractivity contribution in [3.63, 3.8) is 0 Å². The van der Waals surface area contributed by atoms with Crippen LogP contribution in [0.3, 0.4) is 0 Å². The number of benzene rings is 1. The molecule has 1 aliphatic rings. The summed E-state index contributed by atoms with van der Waals surface area (Å²) in [6, 6.07) is 8.89. The fraction of sp³-hybridized carbons (Fsp3) is 0.571. The molecule has 1 heterocycles. The summed E-state index contributed by atoms with van der Waals surface area (Å²) in [4.78, 5) is 2.49. The van der Waals surface area contributed by atoms with Gasteiger partial charge in [-0.2, -0.15) is 0 Å². The summed E-state index contributed by atoms with van der Waals surface area (Å²) in [6.07, 6.45) is 3.87. The third kappa shape index (κ3) is 1.69. The van der Waals surface area contributed by atoms with Gasteiger partial charge >= 0.3 is 0 Å². The second-order valence-electron chi connectivity index (χ2n) is 4.89. The van der Waals surface area contributed by atoms with Gasteiger partial charge in [0.25, 0.3) is 0 Å². The summed E-state index contributed by atoms with van der Waals surface area (Å²) >= 11 is 0. The van der Waals surface area contributed by atoms with Crippen LogP contribution in [0.25, 0.3) is 0 Å². The molecule has 0 aliphatic carbocycles. The summed E-state index contributed by atoms with van der Waals surface area (Å²) in [5, 5.41) is 0. The lowest BCUT2D eigenvalue weighted by Crippen LogP contribution is -2.35. The molecule has 1 nitrogen and oxygen atoms in total. The zero-order chi connectivity index (χ0) is 10.9. The van der Waals surface area contributed by atoms with E-state index in [1.807, 2.05) is 0 Å². The quantitative estimate of drug-likeness (QED) is 0.726. The summed E-state index contributed by atoms with van der Waals surface area (Å²) in [5.41, 5.74) is 3.33. The molecule has 0 bridgehead atoms. The maximum Gasteiger partial charge on any atom is 0.0436 e. The van der Waals surface area contributed by atoms with Crippen LogP contribution in [0, 0.1) is 0 Å². The van der Waals surface area contributed by atoms with E-state index >= 15 is 0 Å². The number of nitrogens with zero attached hydrogens (tertiary/aromatic N) is 1. The SMILES string of the molecule is CCCCC1(C)c2ccccc2CN1C. The molecule has 0 saturated carbocycles. The zero-order valence-corrected chi connectivity index (χ0v) is 10.1. The number of rotatable bonds is 3. The molecule has 1 aliphatic heterocycles. The van der Waals surface area contributed by atoms with Crippen molar-refractivity contribution in [3.8, 4) is 0 Å². The van der Waals surface area contributed by atoms with Crippen molar-refractivity contribution >= 4 is 0 Å². The first kappa shape index (κ1) is 10.7. The van der Waals surface area contributed by atoms with Gasteiger partial charge in [0.2, 0.25) is 0 Å². The van der Waals surface area contributed by atoms with Gasteiger partial charge in [0.15, 0.2) is 0 Å². The number of fused-ring (bicyclic) bond motifs is 1. The molecule has 0 amide bonds. The smallest absolute Gasteiger partial charge is 0.0436 e. The van der Waals surface area contributed by atoms with E-state index in [1.165, 1.54) is 24.8 Å². The van der Waals surface area contributed by atoms with Crippen LogP contribution in [-0.4, -0.2) is 11.9 Å². The second-order valence-corrected chi connectivity index (χ2v) is 4.89. The lowest BCUT2D eigenvalue weighted by molar-refractivity contribution is 0.142. The Bertz CT molecular complexity index is 345. The Balaban J connectivity index is 2.31. The van der Waals surface area contributed by atoms with Crippen LogP contribution in [0.2, 0.25) is 0 Å². The highest BCUT2D eigenvalue weighted by atomic mass is 15.2. The van der Waals surface area contributed by atoms with Crippen molar-refractivity contribution in [1.29, 1.82) is 0 Å². The van der Waals surface area contributed by atoms with Crippen LogP contribution in [0.15, 0.2) is 24.3 Å². The molecule has 1 heteroatoms. The van der Waals surface area contributed by atoms with Crippen LogP contribution in [0.1, 0.15) is 44.2 Å². The van der Waals surface area contributed by atoms with E-state index in [9.17, 15) is 0 Å². The normalized spacial score (nSPS) is 25.5. The van der Waals surface area contributed by atoms with Gasteiger partial charge in [-0.3, -0.25) is 4.90 Å². The van der Waals surface area contributed by atoms with Gasteiger partial charge in [-0.15, -0.1) is 0 Å². The lowest BCUT2D eigenvalue weighted by atomic mass is 9.87. The van der Waals surface area contributed by atoms with E-state index in [0.29, 0.717) is 0 Å². The lowest BCUT2D eigenvalue weighted by Gasteiger charge is -2.33. The van der Waals surface area contributed by atoms with E-state index in [2.05, 4.69) is 50.1 Å². The molecule has 0 aromatic heterocycles. The van der Waals surface area contributed by atoms with Crippen molar-refractivity contribution in [1.82, 2.24) is 4.90 Å². The van der Waals surface area contributed by atoms with Crippen LogP contribution < -0.4 is 0 Å². The minimum atomic E-state index is 0.270. The van der Waals surface area contributed by atoms with Gasteiger partial charge in [0.05, 0.1) is 0 Å². The van der Waals surface area contributed by atoms with Crippen LogP contribution in [0.4, 0.5) is 0 Å². The van der Waals surface area contributed by atoms with Crippen molar-refractivity contribution in [2.75, 3.05) is 7.05 Å². The molecular formula is C14H21N. The monoisotopic (exact) mass is 203 g/mol. The predicted molar refractivity (Wildman–Crippen MR) is 64.8 cm³/mol. The molecule has 1 atom stereocenters. The van der Waals surface area contributed by atoms with E-state index < -0.39 is 0 Å².